The number of nitrogens with one attached hydrogen (secondary N) is 2. The van der Waals surface area contributed by atoms with E-state index in [1.807, 2.05) is 18.2 Å². The van der Waals surface area contributed by atoms with Crippen molar-refractivity contribution in [3.8, 4) is 0 Å². The minimum absolute atomic E-state index is 0.0876. The molecule has 3 nitrogen and oxygen atoms in total. The summed E-state index contributed by atoms with van der Waals surface area (Å²) in [5.41, 5.74) is 2.32. The van der Waals surface area contributed by atoms with E-state index in [1.54, 1.807) is 0 Å². The molecule has 0 aliphatic carbocycles. The molecule has 0 bridgehead atoms. The molecule has 1 heterocycles. The van der Waals surface area contributed by atoms with Crippen LogP contribution in [0, 0.1) is 0 Å². The zero-order valence-electron chi connectivity index (χ0n) is 12.1. The average Bonchev–Trinajstić information content (AvgIpc) is 2.46. The number of fused-ring (bicyclic) bond motifs is 1. The minimum atomic E-state index is -0.104. The lowest BCUT2D eigenvalue weighted by atomic mass is 9.93. The van der Waals surface area contributed by atoms with Crippen LogP contribution in [0.5, 0.6) is 0 Å². The molecule has 1 unspecified atom stereocenters. The number of rotatable bonds is 4. The quantitative estimate of drug-likeness (QED) is 0.873. The van der Waals surface area contributed by atoms with Crippen molar-refractivity contribution in [2.45, 2.75) is 58.0 Å². The molecule has 3 heteroatoms. The molecule has 0 fully saturated rings. The Kier molecular flexibility index (Phi) is 4.13. The van der Waals surface area contributed by atoms with Crippen LogP contribution in [0.2, 0.25) is 0 Å². The second-order valence-electron chi connectivity index (χ2n) is 5.65. The van der Waals surface area contributed by atoms with Crippen molar-refractivity contribution in [2.75, 3.05) is 5.32 Å². The summed E-state index contributed by atoms with van der Waals surface area (Å²) in [6.07, 6.45) is 3.75. The summed E-state index contributed by atoms with van der Waals surface area (Å²) in [4.78, 5) is 12.4. The molecule has 0 saturated heterocycles. The number of aryl methyl sites for hydroxylation is 1. The zero-order chi connectivity index (χ0) is 13.9. The summed E-state index contributed by atoms with van der Waals surface area (Å²) in [7, 11) is 0. The summed E-state index contributed by atoms with van der Waals surface area (Å²) in [5, 5.41) is 6.55. The predicted molar refractivity (Wildman–Crippen MR) is 79.3 cm³/mol. The number of hydrogen-bond acceptors (Lipinski definition) is 2. The Morgan fingerprint density at radius 2 is 2.05 bits per heavy atom. The van der Waals surface area contributed by atoms with Crippen molar-refractivity contribution in [2.24, 2.45) is 0 Å². The van der Waals surface area contributed by atoms with Crippen molar-refractivity contribution in [1.29, 1.82) is 0 Å². The van der Waals surface area contributed by atoms with Crippen molar-refractivity contribution in [3.05, 3.63) is 29.8 Å². The van der Waals surface area contributed by atoms with E-state index in [0.717, 1.165) is 31.4 Å². The number of hydrogen-bond donors (Lipinski definition) is 2. The van der Waals surface area contributed by atoms with Crippen molar-refractivity contribution in [3.63, 3.8) is 0 Å². The molecule has 1 amide bonds. The average molecular weight is 260 g/mol. The first-order valence-corrected chi connectivity index (χ1v) is 7.24. The maximum atomic E-state index is 12.4. The molecule has 1 aliphatic heterocycles. The molecule has 0 saturated carbocycles. The molecule has 0 aromatic heterocycles. The molecule has 1 aromatic rings. The van der Waals surface area contributed by atoms with Gasteiger partial charge in [-0.1, -0.05) is 32.0 Å². The molecule has 1 aliphatic rings. The van der Waals surface area contributed by atoms with E-state index in [2.05, 4.69) is 37.5 Å². The van der Waals surface area contributed by atoms with Crippen molar-refractivity contribution < 1.29 is 4.79 Å². The van der Waals surface area contributed by atoms with Gasteiger partial charge in [0, 0.05) is 11.2 Å². The highest BCUT2D eigenvalue weighted by atomic mass is 16.2. The molecule has 0 radical (unpaired) electrons. The highest BCUT2D eigenvalue weighted by molar-refractivity contribution is 5.86. The van der Waals surface area contributed by atoms with Crippen molar-refractivity contribution in [1.82, 2.24) is 5.32 Å². The number of carbonyl (C=O) groups excluding carboxylic acids is 1. The van der Waals surface area contributed by atoms with Crippen LogP contribution < -0.4 is 10.6 Å². The maximum Gasteiger partial charge on any atom is 0.242 e. The lowest BCUT2D eigenvalue weighted by Gasteiger charge is -2.33. The van der Waals surface area contributed by atoms with Gasteiger partial charge in [0.2, 0.25) is 5.91 Å². The normalized spacial score (nSPS) is 18.4. The van der Waals surface area contributed by atoms with E-state index in [9.17, 15) is 4.79 Å². The molecule has 1 aromatic carbocycles. The van der Waals surface area contributed by atoms with Gasteiger partial charge >= 0.3 is 0 Å². The molecule has 104 valence electrons. The molecule has 2 N–H and O–H groups in total. The van der Waals surface area contributed by atoms with Crippen LogP contribution in [0.25, 0.3) is 0 Å². The standard InChI is InChI=1S/C16H24N2O/c1-4-16(3,5-2)18-15(19)14-11-10-12-8-6-7-9-13(12)17-14/h6-9,14,17H,4-5,10-11H2,1-3H3,(H,18,19). The SMILES string of the molecule is CCC(C)(CC)NC(=O)C1CCc2ccccc2N1. The van der Waals surface area contributed by atoms with Gasteiger partial charge in [0.1, 0.15) is 6.04 Å². The van der Waals surface area contributed by atoms with Gasteiger partial charge in [-0.05, 0) is 44.2 Å². The number of benzene rings is 1. The first kappa shape index (κ1) is 13.9. The summed E-state index contributed by atoms with van der Waals surface area (Å²) < 4.78 is 0. The Morgan fingerprint density at radius 3 is 2.74 bits per heavy atom. The predicted octanol–water partition coefficient (Wildman–Crippen LogP) is 3.11. The number of para-hydroxylation sites is 1. The zero-order valence-corrected chi connectivity index (χ0v) is 12.1. The smallest absolute Gasteiger partial charge is 0.242 e. The van der Waals surface area contributed by atoms with Crippen LogP contribution in [-0.4, -0.2) is 17.5 Å². The molecule has 19 heavy (non-hydrogen) atoms. The van der Waals surface area contributed by atoms with Gasteiger partial charge in [0.15, 0.2) is 0 Å². The van der Waals surface area contributed by atoms with Crippen LogP contribution in [0.1, 0.15) is 45.6 Å². The van der Waals surface area contributed by atoms with Crippen LogP contribution in [-0.2, 0) is 11.2 Å². The van der Waals surface area contributed by atoms with Crippen LogP contribution in [0.4, 0.5) is 5.69 Å². The lowest BCUT2D eigenvalue weighted by Crippen LogP contribution is -2.51. The fourth-order valence-electron chi connectivity index (χ4n) is 2.45. The Morgan fingerprint density at radius 1 is 1.37 bits per heavy atom. The summed E-state index contributed by atoms with van der Waals surface area (Å²) in [6, 6.07) is 8.12. The molecule has 1 atom stereocenters. The Labute approximate surface area is 115 Å². The highest BCUT2D eigenvalue weighted by Gasteiger charge is 2.28. The maximum absolute atomic E-state index is 12.4. The lowest BCUT2D eigenvalue weighted by molar-refractivity contribution is -0.123. The largest absolute Gasteiger partial charge is 0.373 e. The molecule has 0 spiro atoms. The Balaban J connectivity index is 2.03. The first-order chi connectivity index (χ1) is 9.08. The number of anilines is 1. The second kappa shape index (κ2) is 5.64. The molecule has 2 rings (SSSR count). The fourth-order valence-corrected chi connectivity index (χ4v) is 2.45. The van der Waals surface area contributed by atoms with Gasteiger partial charge in [-0.25, -0.2) is 0 Å². The van der Waals surface area contributed by atoms with Gasteiger partial charge in [0.05, 0.1) is 0 Å². The molecular formula is C16H24N2O. The monoisotopic (exact) mass is 260 g/mol. The van der Waals surface area contributed by atoms with Gasteiger partial charge in [-0.3, -0.25) is 4.79 Å². The third kappa shape index (κ3) is 3.09. The Bertz CT molecular complexity index is 452. The Hall–Kier alpha value is -1.51. The van der Waals surface area contributed by atoms with Gasteiger partial charge in [-0.15, -0.1) is 0 Å². The van der Waals surface area contributed by atoms with E-state index >= 15 is 0 Å². The topological polar surface area (TPSA) is 41.1 Å². The third-order valence-electron chi connectivity index (χ3n) is 4.35. The summed E-state index contributed by atoms with van der Waals surface area (Å²) >= 11 is 0. The first-order valence-electron chi connectivity index (χ1n) is 7.24. The third-order valence-corrected chi connectivity index (χ3v) is 4.35. The summed E-state index contributed by atoms with van der Waals surface area (Å²) in [5.74, 6) is 0.126. The highest BCUT2D eigenvalue weighted by Crippen LogP contribution is 2.25. The summed E-state index contributed by atoms with van der Waals surface area (Å²) in [6.45, 7) is 6.35. The minimum Gasteiger partial charge on any atom is -0.373 e. The van der Waals surface area contributed by atoms with Gasteiger partial charge < -0.3 is 10.6 Å². The van der Waals surface area contributed by atoms with E-state index < -0.39 is 0 Å². The molecular weight excluding hydrogens is 236 g/mol. The van der Waals surface area contributed by atoms with Crippen LogP contribution >= 0.6 is 0 Å². The van der Waals surface area contributed by atoms with Crippen molar-refractivity contribution >= 4 is 11.6 Å². The van der Waals surface area contributed by atoms with Crippen LogP contribution in [0.3, 0.4) is 0 Å². The van der Waals surface area contributed by atoms with E-state index in [-0.39, 0.29) is 17.5 Å². The number of amides is 1. The van der Waals surface area contributed by atoms with Gasteiger partial charge in [0.25, 0.3) is 0 Å². The second-order valence-corrected chi connectivity index (χ2v) is 5.65. The fraction of sp³-hybridized carbons (Fsp3) is 0.562. The van der Waals surface area contributed by atoms with E-state index in [1.165, 1.54) is 5.56 Å². The van der Waals surface area contributed by atoms with E-state index in [4.69, 9.17) is 0 Å². The van der Waals surface area contributed by atoms with Crippen LogP contribution in [0.15, 0.2) is 24.3 Å². The number of carbonyl (C=O) groups is 1. The van der Waals surface area contributed by atoms with Gasteiger partial charge in [-0.2, -0.15) is 0 Å². The van der Waals surface area contributed by atoms with E-state index in [0.29, 0.717) is 0 Å².